The number of aromatic nitrogens is 3. The Morgan fingerprint density at radius 1 is 1.16 bits per heavy atom. The van der Waals surface area contributed by atoms with Crippen LogP contribution in [0.4, 0.5) is 0 Å². The van der Waals surface area contributed by atoms with Crippen molar-refractivity contribution >= 4 is 49.9 Å². The summed E-state index contributed by atoms with van der Waals surface area (Å²) >= 11 is 3.41. The molecule has 0 aliphatic rings. The predicted octanol–water partition coefficient (Wildman–Crippen LogP) is 5.07. The SMILES string of the molecule is Cc1c(C=Nn2c(C(C)C)nc3ccc(Br)cc3c2=O)c2ccccc2n1[C@@H](C)C(=O)O. The summed E-state index contributed by atoms with van der Waals surface area (Å²) in [6.45, 7) is 7.44. The number of carboxylic acid groups (broad SMARTS) is 1. The first-order valence-electron chi connectivity index (χ1n) is 10.3. The quantitative estimate of drug-likeness (QED) is 0.392. The van der Waals surface area contributed by atoms with E-state index in [1.165, 1.54) is 4.68 Å². The van der Waals surface area contributed by atoms with Gasteiger partial charge in [0, 0.05) is 32.6 Å². The van der Waals surface area contributed by atoms with Crippen molar-refractivity contribution in [1.82, 2.24) is 14.2 Å². The van der Waals surface area contributed by atoms with Crippen molar-refractivity contribution in [3.8, 4) is 0 Å². The summed E-state index contributed by atoms with van der Waals surface area (Å²) in [5.41, 5.74) is 2.71. The van der Waals surface area contributed by atoms with Gasteiger partial charge in [0.1, 0.15) is 11.9 Å². The number of fused-ring (bicyclic) bond motifs is 2. The molecule has 164 valence electrons. The van der Waals surface area contributed by atoms with Crippen LogP contribution >= 0.6 is 15.9 Å². The van der Waals surface area contributed by atoms with Gasteiger partial charge in [0.15, 0.2) is 0 Å². The number of halogens is 1. The van der Waals surface area contributed by atoms with E-state index in [9.17, 15) is 14.7 Å². The molecule has 1 atom stereocenters. The third-order valence-electron chi connectivity index (χ3n) is 5.60. The van der Waals surface area contributed by atoms with E-state index in [0.717, 1.165) is 26.6 Å². The number of hydrogen-bond acceptors (Lipinski definition) is 4. The zero-order valence-corrected chi connectivity index (χ0v) is 19.8. The van der Waals surface area contributed by atoms with Crippen molar-refractivity contribution in [3.05, 3.63) is 74.4 Å². The maximum absolute atomic E-state index is 13.3. The second kappa shape index (κ2) is 8.35. The number of aliphatic carboxylic acids is 1. The number of para-hydroxylation sites is 1. The Morgan fingerprint density at radius 3 is 2.56 bits per heavy atom. The van der Waals surface area contributed by atoms with E-state index in [1.807, 2.05) is 57.2 Å². The van der Waals surface area contributed by atoms with Crippen molar-refractivity contribution < 1.29 is 9.90 Å². The summed E-state index contributed by atoms with van der Waals surface area (Å²) in [4.78, 5) is 29.6. The van der Waals surface area contributed by atoms with Crippen LogP contribution in [0.2, 0.25) is 0 Å². The van der Waals surface area contributed by atoms with E-state index in [2.05, 4.69) is 26.0 Å². The van der Waals surface area contributed by atoms with Crippen LogP contribution in [-0.2, 0) is 4.79 Å². The van der Waals surface area contributed by atoms with E-state index < -0.39 is 12.0 Å². The molecule has 0 amide bonds. The van der Waals surface area contributed by atoms with E-state index in [1.54, 1.807) is 23.8 Å². The number of carboxylic acids is 1. The summed E-state index contributed by atoms with van der Waals surface area (Å²) in [7, 11) is 0. The summed E-state index contributed by atoms with van der Waals surface area (Å²) in [6, 6.07) is 12.3. The lowest BCUT2D eigenvalue weighted by Crippen LogP contribution is -2.23. The minimum atomic E-state index is -0.917. The first kappa shape index (κ1) is 22.0. The average molecular weight is 495 g/mol. The zero-order chi connectivity index (χ0) is 23.2. The van der Waals surface area contributed by atoms with Crippen LogP contribution in [0.15, 0.2) is 56.8 Å². The molecular formula is C24H23BrN4O3. The van der Waals surface area contributed by atoms with Gasteiger partial charge in [-0.2, -0.15) is 9.78 Å². The normalized spacial score (nSPS) is 12.9. The highest BCUT2D eigenvalue weighted by Gasteiger charge is 2.21. The van der Waals surface area contributed by atoms with Crippen molar-refractivity contribution in [2.45, 2.75) is 39.7 Å². The van der Waals surface area contributed by atoms with Crippen molar-refractivity contribution in [2.75, 3.05) is 0 Å². The fourth-order valence-electron chi connectivity index (χ4n) is 3.96. The lowest BCUT2D eigenvalue weighted by Gasteiger charge is -2.13. The molecule has 2 heterocycles. The predicted molar refractivity (Wildman–Crippen MR) is 130 cm³/mol. The van der Waals surface area contributed by atoms with Gasteiger partial charge in [-0.05, 0) is 38.1 Å². The molecule has 2 aromatic carbocycles. The molecule has 0 bridgehead atoms. The van der Waals surface area contributed by atoms with E-state index in [4.69, 9.17) is 0 Å². The zero-order valence-electron chi connectivity index (χ0n) is 18.2. The Bertz CT molecular complexity index is 1450. The molecule has 4 rings (SSSR count). The molecule has 0 radical (unpaired) electrons. The molecule has 0 saturated carbocycles. The fourth-order valence-corrected chi connectivity index (χ4v) is 4.32. The first-order chi connectivity index (χ1) is 15.2. The Labute approximate surface area is 193 Å². The summed E-state index contributed by atoms with van der Waals surface area (Å²) in [5.74, 6) is -0.385. The molecule has 0 spiro atoms. The third kappa shape index (κ3) is 3.64. The smallest absolute Gasteiger partial charge is 0.326 e. The number of carbonyl (C=O) groups is 1. The Balaban J connectivity index is 1.95. The van der Waals surface area contributed by atoms with Gasteiger partial charge in [-0.25, -0.2) is 9.78 Å². The Hall–Kier alpha value is -3.26. The third-order valence-corrected chi connectivity index (χ3v) is 6.09. The Morgan fingerprint density at radius 2 is 1.88 bits per heavy atom. The molecule has 0 unspecified atom stereocenters. The maximum atomic E-state index is 13.3. The highest BCUT2D eigenvalue weighted by molar-refractivity contribution is 9.10. The lowest BCUT2D eigenvalue weighted by atomic mass is 10.1. The molecule has 0 aliphatic heterocycles. The van der Waals surface area contributed by atoms with Crippen LogP contribution in [0, 0.1) is 6.92 Å². The van der Waals surface area contributed by atoms with Crippen LogP contribution in [0.3, 0.4) is 0 Å². The molecule has 0 saturated heterocycles. The van der Waals surface area contributed by atoms with Crippen molar-refractivity contribution in [1.29, 1.82) is 0 Å². The second-order valence-electron chi connectivity index (χ2n) is 8.05. The molecule has 7 nitrogen and oxygen atoms in total. The Kier molecular flexibility index (Phi) is 5.73. The first-order valence-corrected chi connectivity index (χ1v) is 11.1. The molecule has 1 N–H and O–H groups in total. The summed E-state index contributed by atoms with van der Waals surface area (Å²) in [5, 5.41) is 15.5. The van der Waals surface area contributed by atoms with E-state index in [-0.39, 0.29) is 11.5 Å². The van der Waals surface area contributed by atoms with Gasteiger partial charge in [-0.3, -0.25) is 4.79 Å². The number of nitrogens with zero attached hydrogens (tertiary/aromatic N) is 4. The summed E-state index contributed by atoms with van der Waals surface area (Å²) in [6.07, 6.45) is 1.63. The van der Waals surface area contributed by atoms with Crippen molar-refractivity contribution in [2.24, 2.45) is 5.10 Å². The molecule has 4 aromatic rings. The van der Waals surface area contributed by atoms with Gasteiger partial charge in [-0.1, -0.05) is 48.0 Å². The summed E-state index contributed by atoms with van der Waals surface area (Å²) < 4.78 is 3.91. The van der Waals surface area contributed by atoms with Gasteiger partial charge in [0.2, 0.25) is 0 Å². The van der Waals surface area contributed by atoms with Crippen LogP contribution in [-0.4, -0.2) is 31.5 Å². The molecule has 0 aliphatic carbocycles. The lowest BCUT2D eigenvalue weighted by molar-refractivity contribution is -0.140. The highest BCUT2D eigenvalue weighted by Crippen LogP contribution is 2.28. The second-order valence-corrected chi connectivity index (χ2v) is 8.96. The molecule has 8 heteroatoms. The standard InChI is InChI=1S/C24H23BrN4O3/c1-13(2)22-27-20-10-9-16(25)11-18(20)23(30)29(22)26-12-19-14(3)28(15(4)24(31)32)21-8-6-5-7-17(19)21/h5-13,15H,1-4H3,(H,31,32)/t15-/m0/s1. The monoisotopic (exact) mass is 494 g/mol. The minimum absolute atomic E-state index is 0.0256. The molecule has 2 aromatic heterocycles. The topological polar surface area (TPSA) is 89.5 Å². The number of hydrogen-bond donors (Lipinski definition) is 1. The van der Waals surface area contributed by atoms with E-state index >= 15 is 0 Å². The van der Waals surface area contributed by atoms with E-state index in [0.29, 0.717) is 16.7 Å². The molecule has 32 heavy (non-hydrogen) atoms. The van der Waals surface area contributed by atoms with Crippen LogP contribution in [0.5, 0.6) is 0 Å². The van der Waals surface area contributed by atoms with Crippen LogP contribution in [0.1, 0.15) is 49.8 Å². The average Bonchev–Trinajstić information content (AvgIpc) is 3.03. The van der Waals surface area contributed by atoms with Gasteiger partial charge in [0.25, 0.3) is 5.56 Å². The number of rotatable bonds is 5. The fraction of sp³-hybridized carbons (Fsp3) is 0.250. The highest BCUT2D eigenvalue weighted by atomic mass is 79.9. The van der Waals surface area contributed by atoms with Crippen molar-refractivity contribution in [3.63, 3.8) is 0 Å². The van der Waals surface area contributed by atoms with Gasteiger partial charge < -0.3 is 9.67 Å². The van der Waals surface area contributed by atoms with Crippen LogP contribution < -0.4 is 5.56 Å². The van der Waals surface area contributed by atoms with Gasteiger partial charge >= 0.3 is 5.97 Å². The molecule has 0 fully saturated rings. The van der Waals surface area contributed by atoms with Gasteiger partial charge in [0.05, 0.1) is 17.1 Å². The minimum Gasteiger partial charge on any atom is -0.480 e. The maximum Gasteiger partial charge on any atom is 0.326 e. The van der Waals surface area contributed by atoms with Crippen LogP contribution in [0.25, 0.3) is 21.8 Å². The van der Waals surface area contributed by atoms with Gasteiger partial charge in [-0.15, -0.1) is 0 Å². The number of benzene rings is 2. The molecular weight excluding hydrogens is 472 g/mol. The largest absolute Gasteiger partial charge is 0.480 e.